The summed E-state index contributed by atoms with van der Waals surface area (Å²) in [6.45, 7) is 2.99. The number of hydrogen-bond acceptors (Lipinski definition) is 4. The molecule has 0 aliphatic rings. The van der Waals surface area contributed by atoms with Crippen molar-refractivity contribution in [1.29, 1.82) is 0 Å². The van der Waals surface area contributed by atoms with Gasteiger partial charge in [0.1, 0.15) is 0 Å². The van der Waals surface area contributed by atoms with Gasteiger partial charge in [0.25, 0.3) is 0 Å². The Morgan fingerprint density at radius 1 is 1.38 bits per heavy atom. The minimum atomic E-state index is -0.261. The molecule has 7 heteroatoms. The topological polar surface area (TPSA) is 81.1 Å². The molecule has 2 aromatic heterocycles. The SMILES string of the molecule is CCOc1ccc(NC(=O)NCCc2ccnn2C)cn1. The zero-order valence-corrected chi connectivity index (χ0v) is 12.2. The molecular formula is C14H19N5O2. The van der Waals surface area contributed by atoms with Gasteiger partial charge in [-0.3, -0.25) is 4.68 Å². The van der Waals surface area contributed by atoms with Crippen LogP contribution < -0.4 is 15.4 Å². The number of amides is 2. The van der Waals surface area contributed by atoms with Crippen molar-refractivity contribution in [1.82, 2.24) is 20.1 Å². The predicted octanol–water partition coefficient (Wildman–Crippen LogP) is 1.58. The lowest BCUT2D eigenvalue weighted by Gasteiger charge is -2.08. The number of aryl methyl sites for hydroxylation is 1. The number of ether oxygens (including phenoxy) is 1. The zero-order chi connectivity index (χ0) is 15.1. The van der Waals surface area contributed by atoms with E-state index in [1.807, 2.05) is 20.0 Å². The molecule has 7 nitrogen and oxygen atoms in total. The molecule has 0 saturated carbocycles. The van der Waals surface area contributed by atoms with E-state index < -0.39 is 0 Å². The number of nitrogens with one attached hydrogen (secondary N) is 2. The van der Waals surface area contributed by atoms with Gasteiger partial charge >= 0.3 is 6.03 Å². The zero-order valence-electron chi connectivity index (χ0n) is 12.2. The highest BCUT2D eigenvalue weighted by molar-refractivity contribution is 5.88. The first kappa shape index (κ1) is 14.8. The Morgan fingerprint density at radius 3 is 2.86 bits per heavy atom. The highest BCUT2D eigenvalue weighted by atomic mass is 16.5. The summed E-state index contributed by atoms with van der Waals surface area (Å²) in [6.07, 6.45) is 4.03. The van der Waals surface area contributed by atoms with E-state index in [1.54, 1.807) is 29.2 Å². The largest absolute Gasteiger partial charge is 0.478 e. The maximum Gasteiger partial charge on any atom is 0.319 e. The van der Waals surface area contributed by atoms with Gasteiger partial charge in [-0.25, -0.2) is 9.78 Å². The second-order valence-electron chi connectivity index (χ2n) is 4.40. The van der Waals surface area contributed by atoms with Crippen LogP contribution in [0.15, 0.2) is 30.6 Å². The van der Waals surface area contributed by atoms with Gasteiger partial charge in [0.05, 0.1) is 18.5 Å². The van der Waals surface area contributed by atoms with Crippen molar-refractivity contribution in [3.8, 4) is 5.88 Å². The number of anilines is 1. The highest BCUT2D eigenvalue weighted by Gasteiger charge is 2.03. The molecule has 0 spiro atoms. The van der Waals surface area contributed by atoms with Crippen molar-refractivity contribution in [3.63, 3.8) is 0 Å². The number of urea groups is 1. The first-order valence-corrected chi connectivity index (χ1v) is 6.79. The van der Waals surface area contributed by atoms with Crippen molar-refractivity contribution in [3.05, 3.63) is 36.3 Å². The molecule has 2 amide bonds. The Balaban J connectivity index is 1.75. The number of carbonyl (C=O) groups excluding carboxylic acids is 1. The van der Waals surface area contributed by atoms with Gasteiger partial charge in [-0.15, -0.1) is 0 Å². The average Bonchev–Trinajstić information content (AvgIpc) is 2.87. The Labute approximate surface area is 123 Å². The maximum atomic E-state index is 11.7. The minimum Gasteiger partial charge on any atom is -0.478 e. The fourth-order valence-electron chi connectivity index (χ4n) is 1.81. The maximum absolute atomic E-state index is 11.7. The molecule has 0 unspecified atom stereocenters. The fourth-order valence-corrected chi connectivity index (χ4v) is 1.81. The second kappa shape index (κ2) is 7.28. The van der Waals surface area contributed by atoms with E-state index in [0.717, 1.165) is 12.1 Å². The average molecular weight is 289 g/mol. The lowest BCUT2D eigenvalue weighted by Crippen LogP contribution is -2.30. The van der Waals surface area contributed by atoms with Crippen LogP contribution in [0, 0.1) is 0 Å². The van der Waals surface area contributed by atoms with Crippen LogP contribution in [0.5, 0.6) is 5.88 Å². The number of rotatable bonds is 6. The van der Waals surface area contributed by atoms with E-state index in [2.05, 4.69) is 20.7 Å². The number of nitrogens with zero attached hydrogens (tertiary/aromatic N) is 3. The molecule has 0 aliphatic heterocycles. The van der Waals surface area contributed by atoms with E-state index >= 15 is 0 Å². The normalized spacial score (nSPS) is 10.2. The standard InChI is InChI=1S/C14H19N5O2/c1-3-21-13-5-4-11(10-16-13)18-14(20)15-8-6-12-7-9-17-19(12)2/h4-5,7,9-10H,3,6,8H2,1-2H3,(H2,15,18,20). The van der Waals surface area contributed by atoms with Crippen LogP contribution >= 0.6 is 0 Å². The predicted molar refractivity (Wildman–Crippen MR) is 79.3 cm³/mol. The Hall–Kier alpha value is -2.57. The van der Waals surface area contributed by atoms with Crippen LogP contribution in [0.25, 0.3) is 0 Å². The summed E-state index contributed by atoms with van der Waals surface area (Å²) < 4.78 is 7.02. The van der Waals surface area contributed by atoms with Crippen molar-refractivity contribution < 1.29 is 9.53 Å². The molecule has 2 rings (SSSR count). The van der Waals surface area contributed by atoms with E-state index in [-0.39, 0.29) is 6.03 Å². The van der Waals surface area contributed by atoms with Crippen molar-refractivity contribution in [2.75, 3.05) is 18.5 Å². The molecule has 2 aromatic rings. The molecule has 0 radical (unpaired) electrons. The van der Waals surface area contributed by atoms with Crippen LogP contribution in [-0.2, 0) is 13.5 Å². The fraction of sp³-hybridized carbons (Fsp3) is 0.357. The van der Waals surface area contributed by atoms with Gasteiger partial charge in [-0.1, -0.05) is 0 Å². The number of aromatic nitrogens is 3. The van der Waals surface area contributed by atoms with Crippen LogP contribution in [0.3, 0.4) is 0 Å². The van der Waals surface area contributed by atoms with Crippen LogP contribution in [0.4, 0.5) is 10.5 Å². The van der Waals surface area contributed by atoms with E-state index in [0.29, 0.717) is 24.7 Å². The quantitative estimate of drug-likeness (QED) is 0.846. The molecule has 0 aliphatic carbocycles. The molecule has 0 bridgehead atoms. The monoisotopic (exact) mass is 289 g/mol. The molecule has 2 N–H and O–H groups in total. The summed E-state index contributed by atoms with van der Waals surface area (Å²) in [6, 6.07) is 5.13. The number of pyridine rings is 1. The summed E-state index contributed by atoms with van der Waals surface area (Å²) >= 11 is 0. The van der Waals surface area contributed by atoms with Crippen molar-refractivity contribution >= 4 is 11.7 Å². The summed E-state index contributed by atoms with van der Waals surface area (Å²) in [5, 5.41) is 9.58. The lowest BCUT2D eigenvalue weighted by atomic mass is 10.3. The van der Waals surface area contributed by atoms with Gasteiger partial charge in [-0.05, 0) is 19.1 Å². The molecule has 0 atom stereocenters. The minimum absolute atomic E-state index is 0.261. The number of hydrogen-bond donors (Lipinski definition) is 2. The molecule has 0 saturated heterocycles. The lowest BCUT2D eigenvalue weighted by molar-refractivity contribution is 0.252. The third kappa shape index (κ3) is 4.48. The van der Waals surface area contributed by atoms with Crippen molar-refractivity contribution in [2.24, 2.45) is 7.05 Å². The first-order chi connectivity index (χ1) is 10.2. The summed E-state index contributed by atoms with van der Waals surface area (Å²) in [7, 11) is 1.88. The smallest absolute Gasteiger partial charge is 0.319 e. The second-order valence-corrected chi connectivity index (χ2v) is 4.40. The Kier molecular flexibility index (Phi) is 5.14. The van der Waals surface area contributed by atoms with Gasteiger partial charge < -0.3 is 15.4 Å². The third-order valence-corrected chi connectivity index (χ3v) is 2.88. The van der Waals surface area contributed by atoms with Crippen LogP contribution in [0.1, 0.15) is 12.6 Å². The van der Waals surface area contributed by atoms with Crippen LogP contribution in [0.2, 0.25) is 0 Å². The Bertz CT molecular complexity index is 579. The molecular weight excluding hydrogens is 270 g/mol. The molecule has 2 heterocycles. The molecule has 112 valence electrons. The third-order valence-electron chi connectivity index (χ3n) is 2.88. The summed E-state index contributed by atoms with van der Waals surface area (Å²) in [4.78, 5) is 15.8. The van der Waals surface area contributed by atoms with E-state index in [4.69, 9.17) is 4.74 Å². The summed E-state index contributed by atoms with van der Waals surface area (Å²) in [5.74, 6) is 0.541. The van der Waals surface area contributed by atoms with E-state index in [9.17, 15) is 4.79 Å². The Morgan fingerprint density at radius 2 is 2.24 bits per heavy atom. The van der Waals surface area contributed by atoms with Crippen molar-refractivity contribution in [2.45, 2.75) is 13.3 Å². The van der Waals surface area contributed by atoms with Crippen LogP contribution in [-0.4, -0.2) is 33.9 Å². The van der Waals surface area contributed by atoms with Gasteiger partial charge in [0.2, 0.25) is 5.88 Å². The van der Waals surface area contributed by atoms with Gasteiger partial charge in [0, 0.05) is 38.0 Å². The summed E-state index contributed by atoms with van der Waals surface area (Å²) in [5.41, 5.74) is 1.69. The highest BCUT2D eigenvalue weighted by Crippen LogP contribution is 2.11. The number of carbonyl (C=O) groups is 1. The van der Waals surface area contributed by atoms with E-state index in [1.165, 1.54) is 0 Å². The van der Waals surface area contributed by atoms with Gasteiger partial charge in [0.15, 0.2) is 0 Å². The first-order valence-electron chi connectivity index (χ1n) is 6.79. The molecule has 0 aromatic carbocycles. The molecule has 0 fully saturated rings. The molecule has 21 heavy (non-hydrogen) atoms. The van der Waals surface area contributed by atoms with Gasteiger partial charge in [-0.2, -0.15) is 5.10 Å².